The number of hydrogen-bond acceptors (Lipinski definition) is 3. The van der Waals surface area contributed by atoms with Gasteiger partial charge in [0.15, 0.2) is 0 Å². The molecular formula is C13H10N2O. The molecule has 0 bridgehead atoms. The molecule has 0 spiro atoms. The molecule has 2 rings (SSSR count). The number of allylic oxidation sites excluding steroid dienone is 1. The maximum absolute atomic E-state index is 10.0. The molecule has 3 nitrogen and oxygen atoms in total. The maximum atomic E-state index is 10.0. The van der Waals surface area contributed by atoms with Gasteiger partial charge in [-0.05, 0) is 16.7 Å². The van der Waals surface area contributed by atoms with Crippen molar-refractivity contribution in [1.29, 1.82) is 10.5 Å². The van der Waals surface area contributed by atoms with Crippen LogP contribution in [0.15, 0.2) is 29.8 Å². The standard InChI is InChI=1S/C13H10N2O/c1-8-12(9(6-14)7-15)10-4-2-3-5-11(10)13(8)16/h2-5,8,13,16H,1H3/t8-,13?/m1/s1. The molecule has 78 valence electrons. The Bertz CT molecular complexity index is 530. The summed E-state index contributed by atoms with van der Waals surface area (Å²) < 4.78 is 0. The molecule has 16 heavy (non-hydrogen) atoms. The van der Waals surface area contributed by atoms with Crippen LogP contribution in [-0.4, -0.2) is 5.11 Å². The Kier molecular flexibility index (Phi) is 2.48. The molecule has 1 N–H and O–H groups in total. The summed E-state index contributed by atoms with van der Waals surface area (Å²) in [6.07, 6.45) is -0.622. The van der Waals surface area contributed by atoms with Gasteiger partial charge in [-0.3, -0.25) is 0 Å². The van der Waals surface area contributed by atoms with E-state index in [2.05, 4.69) is 0 Å². The number of nitrogens with zero attached hydrogens (tertiary/aromatic N) is 2. The zero-order valence-corrected chi connectivity index (χ0v) is 8.81. The SMILES string of the molecule is C[C@@H]1C(=C(C#N)C#N)c2ccccc2C1O. The van der Waals surface area contributed by atoms with Crippen molar-refractivity contribution in [2.24, 2.45) is 5.92 Å². The summed E-state index contributed by atoms with van der Waals surface area (Å²) in [7, 11) is 0. The first kappa shape index (κ1) is 10.4. The lowest BCUT2D eigenvalue weighted by atomic mass is 9.96. The Morgan fingerprint density at radius 1 is 1.25 bits per heavy atom. The molecule has 1 aromatic carbocycles. The van der Waals surface area contributed by atoms with E-state index in [1.807, 2.05) is 43.3 Å². The van der Waals surface area contributed by atoms with E-state index >= 15 is 0 Å². The van der Waals surface area contributed by atoms with Gasteiger partial charge in [0, 0.05) is 5.92 Å². The van der Waals surface area contributed by atoms with Crippen LogP contribution in [0.3, 0.4) is 0 Å². The van der Waals surface area contributed by atoms with Crippen LogP contribution in [-0.2, 0) is 0 Å². The quantitative estimate of drug-likeness (QED) is 0.667. The molecule has 1 aromatic rings. The van der Waals surface area contributed by atoms with Gasteiger partial charge in [-0.25, -0.2) is 0 Å². The number of aliphatic hydroxyl groups excluding tert-OH is 1. The molecule has 1 unspecified atom stereocenters. The van der Waals surface area contributed by atoms with Gasteiger partial charge in [0.2, 0.25) is 0 Å². The van der Waals surface area contributed by atoms with E-state index < -0.39 is 6.10 Å². The molecule has 1 aliphatic rings. The molecular weight excluding hydrogens is 200 g/mol. The van der Waals surface area contributed by atoms with Crippen molar-refractivity contribution in [3.63, 3.8) is 0 Å². The van der Waals surface area contributed by atoms with E-state index in [-0.39, 0.29) is 11.5 Å². The topological polar surface area (TPSA) is 67.8 Å². The van der Waals surface area contributed by atoms with Crippen molar-refractivity contribution < 1.29 is 5.11 Å². The number of fused-ring (bicyclic) bond motifs is 1. The predicted octanol–water partition coefficient (Wildman–Crippen LogP) is 2.17. The molecule has 1 aliphatic carbocycles. The zero-order valence-electron chi connectivity index (χ0n) is 8.81. The fraction of sp³-hybridized carbons (Fsp3) is 0.231. The fourth-order valence-electron chi connectivity index (χ4n) is 2.18. The van der Waals surface area contributed by atoms with Crippen LogP contribution in [0.1, 0.15) is 24.2 Å². The Balaban J connectivity index is 2.73. The second kappa shape index (κ2) is 3.81. The lowest BCUT2D eigenvalue weighted by molar-refractivity contribution is 0.151. The van der Waals surface area contributed by atoms with Crippen molar-refractivity contribution in [3.05, 3.63) is 41.0 Å². The Morgan fingerprint density at radius 2 is 1.88 bits per heavy atom. The molecule has 3 heteroatoms. The van der Waals surface area contributed by atoms with E-state index in [1.165, 1.54) is 0 Å². The number of nitriles is 2. The van der Waals surface area contributed by atoms with Gasteiger partial charge in [0.25, 0.3) is 0 Å². The van der Waals surface area contributed by atoms with Crippen molar-refractivity contribution in [2.45, 2.75) is 13.0 Å². The van der Waals surface area contributed by atoms with Crippen LogP contribution < -0.4 is 0 Å². The molecule has 0 aromatic heterocycles. The van der Waals surface area contributed by atoms with E-state index in [4.69, 9.17) is 10.5 Å². The van der Waals surface area contributed by atoms with Gasteiger partial charge < -0.3 is 5.11 Å². The first-order valence-electron chi connectivity index (χ1n) is 5.02. The minimum Gasteiger partial charge on any atom is -0.388 e. The van der Waals surface area contributed by atoms with Crippen LogP contribution in [0.4, 0.5) is 0 Å². The van der Waals surface area contributed by atoms with Gasteiger partial charge in [-0.15, -0.1) is 0 Å². The number of aliphatic hydroxyl groups is 1. The summed E-state index contributed by atoms with van der Waals surface area (Å²) in [4.78, 5) is 0. The third-order valence-corrected chi connectivity index (χ3v) is 2.99. The molecule has 0 saturated heterocycles. The third kappa shape index (κ3) is 1.31. The highest BCUT2D eigenvalue weighted by molar-refractivity contribution is 5.82. The highest BCUT2D eigenvalue weighted by atomic mass is 16.3. The van der Waals surface area contributed by atoms with Crippen LogP contribution in [0.2, 0.25) is 0 Å². The van der Waals surface area contributed by atoms with Gasteiger partial charge in [-0.2, -0.15) is 10.5 Å². The van der Waals surface area contributed by atoms with Crippen LogP contribution in [0, 0.1) is 28.6 Å². The molecule has 0 saturated carbocycles. The first-order chi connectivity index (χ1) is 7.70. The third-order valence-electron chi connectivity index (χ3n) is 2.99. The molecule has 0 radical (unpaired) electrons. The summed E-state index contributed by atoms with van der Waals surface area (Å²) in [5, 5.41) is 27.8. The predicted molar refractivity (Wildman–Crippen MR) is 58.7 cm³/mol. The van der Waals surface area contributed by atoms with E-state index in [0.717, 1.165) is 11.1 Å². The van der Waals surface area contributed by atoms with Crippen LogP contribution in [0.25, 0.3) is 5.57 Å². The van der Waals surface area contributed by atoms with Gasteiger partial charge in [0.05, 0.1) is 6.10 Å². The largest absolute Gasteiger partial charge is 0.388 e. The Morgan fingerprint density at radius 3 is 2.50 bits per heavy atom. The molecule has 0 fully saturated rings. The molecule has 0 heterocycles. The smallest absolute Gasteiger partial charge is 0.133 e. The fourth-order valence-corrected chi connectivity index (χ4v) is 2.18. The Hall–Kier alpha value is -2.10. The van der Waals surface area contributed by atoms with Crippen molar-refractivity contribution in [1.82, 2.24) is 0 Å². The highest BCUT2D eigenvalue weighted by Crippen LogP contribution is 2.45. The number of benzene rings is 1. The lowest BCUT2D eigenvalue weighted by Crippen LogP contribution is -2.02. The first-order valence-corrected chi connectivity index (χ1v) is 5.02. The normalized spacial score (nSPS) is 22.1. The van der Waals surface area contributed by atoms with Gasteiger partial charge >= 0.3 is 0 Å². The van der Waals surface area contributed by atoms with E-state index in [9.17, 15) is 5.11 Å². The van der Waals surface area contributed by atoms with E-state index in [0.29, 0.717) is 5.57 Å². The summed E-state index contributed by atoms with van der Waals surface area (Å²) in [6.45, 7) is 1.83. The Labute approximate surface area is 93.9 Å². The number of rotatable bonds is 0. The maximum Gasteiger partial charge on any atom is 0.133 e. The average Bonchev–Trinajstić information content (AvgIpc) is 2.57. The minimum absolute atomic E-state index is 0.0940. The lowest BCUT2D eigenvalue weighted by Gasteiger charge is -2.09. The number of hydrogen-bond donors (Lipinski definition) is 1. The molecule has 0 aliphatic heterocycles. The molecule has 0 amide bonds. The minimum atomic E-state index is -0.622. The summed E-state index contributed by atoms with van der Waals surface area (Å²) >= 11 is 0. The summed E-state index contributed by atoms with van der Waals surface area (Å²) in [5.74, 6) is -0.202. The highest BCUT2D eigenvalue weighted by Gasteiger charge is 2.34. The summed E-state index contributed by atoms with van der Waals surface area (Å²) in [6, 6.07) is 11.1. The van der Waals surface area contributed by atoms with Crippen molar-refractivity contribution in [2.75, 3.05) is 0 Å². The van der Waals surface area contributed by atoms with Crippen molar-refractivity contribution >= 4 is 5.57 Å². The zero-order chi connectivity index (χ0) is 11.7. The summed E-state index contributed by atoms with van der Waals surface area (Å²) in [5.41, 5.74) is 2.37. The second-order valence-electron chi connectivity index (χ2n) is 3.83. The van der Waals surface area contributed by atoms with Crippen molar-refractivity contribution in [3.8, 4) is 12.1 Å². The van der Waals surface area contributed by atoms with E-state index in [1.54, 1.807) is 0 Å². The monoisotopic (exact) mass is 210 g/mol. The average molecular weight is 210 g/mol. The van der Waals surface area contributed by atoms with Crippen LogP contribution in [0.5, 0.6) is 0 Å². The molecule has 2 atom stereocenters. The second-order valence-corrected chi connectivity index (χ2v) is 3.83. The van der Waals surface area contributed by atoms with Gasteiger partial charge in [-0.1, -0.05) is 31.2 Å². The van der Waals surface area contributed by atoms with Crippen LogP contribution >= 0.6 is 0 Å². The van der Waals surface area contributed by atoms with Gasteiger partial charge in [0.1, 0.15) is 17.7 Å².